The number of hydrogen-bond acceptors (Lipinski definition) is 4. The lowest BCUT2D eigenvalue weighted by Crippen LogP contribution is -2.48. The SMILES string of the molecule is N#Cc1ccc(NC2CCCCC2NC(=O)O)cc1Nc1ccc(F)cc1. The van der Waals surface area contributed by atoms with Gasteiger partial charge in [0, 0.05) is 17.4 Å². The van der Waals surface area contributed by atoms with Gasteiger partial charge in [0.1, 0.15) is 11.9 Å². The zero-order valence-corrected chi connectivity index (χ0v) is 14.7. The number of amides is 1. The predicted octanol–water partition coefficient (Wildman–Crippen LogP) is 4.43. The fourth-order valence-corrected chi connectivity index (χ4v) is 3.37. The summed E-state index contributed by atoms with van der Waals surface area (Å²) in [5, 5.41) is 27.5. The molecule has 6 nitrogen and oxygen atoms in total. The van der Waals surface area contributed by atoms with Crippen molar-refractivity contribution in [1.29, 1.82) is 5.26 Å². The van der Waals surface area contributed by atoms with Crippen LogP contribution < -0.4 is 16.0 Å². The van der Waals surface area contributed by atoms with Gasteiger partial charge in [0.15, 0.2) is 0 Å². The number of carboxylic acid groups (broad SMARTS) is 1. The maximum absolute atomic E-state index is 13.1. The lowest BCUT2D eigenvalue weighted by molar-refractivity contribution is 0.184. The van der Waals surface area contributed by atoms with Crippen molar-refractivity contribution in [3.8, 4) is 6.07 Å². The normalized spacial score (nSPS) is 19.0. The van der Waals surface area contributed by atoms with E-state index >= 15 is 0 Å². The summed E-state index contributed by atoms with van der Waals surface area (Å²) in [5.74, 6) is -0.328. The highest BCUT2D eigenvalue weighted by Crippen LogP contribution is 2.27. The quantitative estimate of drug-likeness (QED) is 0.626. The summed E-state index contributed by atoms with van der Waals surface area (Å²) in [6, 6.07) is 13.2. The van der Waals surface area contributed by atoms with Crippen LogP contribution in [0.5, 0.6) is 0 Å². The van der Waals surface area contributed by atoms with Gasteiger partial charge < -0.3 is 21.1 Å². The van der Waals surface area contributed by atoms with Crippen molar-refractivity contribution in [2.75, 3.05) is 10.6 Å². The third kappa shape index (κ3) is 4.88. The third-order valence-corrected chi connectivity index (χ3v) is 4.69. The largest absolute Gasteiger partial charge is 0.465 e. The van der Waals surface area contributed by atoms with E-state index in [1.54, 1.807) is 24.3 Å². The van der Waals surface area contributed by atoms with Crippen LogP contribution in [0.3, 0.4) is 0 Å². The Morgan fingerprint density at radius 3 is 2.41 bits per heavy atom. The number of halogens is 1. The van der Waals surface area contributed by atoms with Crippen LogP contribution in [-0.2, 0) is 0 Å². The highest BCUT2D eigenvalue weighted by Gasteiger charge is 2.26. The monoisotopic (exact) mass is 368 g/mol. The van der Waals surface area contributed by atoms with Crippen LogP contribution >= 0.6 is 0 Å². The molecule has 0 bridgehead atoms. The summed E-state index contributed by atoms with van der Waals surface area (Å²) in [7, 11) is 0. The van der Waals surface area contributed by atoms with E-state index in [1.165, 1.54) is 12.1 Å². The van der Waals surface area contributed by atoms with Crippen LogP contribution in [0.4, 0.5) is 26.2 Å². The van der Waals surface area contributed by atoms with Crippen LogP contribution in [0.15, 0.2) is 42.5 Å². The number of rotatable bonds is 5. The van der Waals surface area contributed by atoms with E-state index in [0.717, 1.165) is 31.4 Å². The van der Waals surface area contributed by atoms with Gasteiger partial charge in [0.05, 0.1) is 17.3 Å². The Morgan fingerprint density at radius 1 is 1.07 bits per heavy atom. The molecule has 1 amide bonds. The van der Waals surface area contributed by atoms with Crippen molar-refractivity contribution in [3.63, 3.8) is 0 Å². The van der Waals surface area contributed by atoms with Gasteiger partial charge in [-0.2, -0.15) is 5.26 Å². The molecule has 2 aromatic carbocycles. The van der Waals surface area contributed by atoms with Crippen molar-refractivity contribution in [2.24, 2.45) is 0 Å². The molecule has 2 aromatic rings. The maximum Gasteiger partial charge on any atom is 0.404 e. The average Bonchev–Trinajstić information content (AvgIpc) is 2.65. The van der Waals surface area contributed by atoms with E-state index in [-0.39, 0.29) is 17.9 Å². The third-order valence-electron chi connectivity index (χ3n) is 4.69. The molecule has 1 aliphatic carbocycles. The lowest BCUT2D eigenvalue weighted by Gasteiger charge is -2.32. The van der Waals surface area contributed by atoms with E-state index in [9.17, 15) is 14.4 Å². The van der Waals surface area contributed by atoms with Gasteiger partial charge >= 0.3 is 6.09 Å². The predicted molar refractivity (Wildman–Crippen MR) is 102 cm³/mol. The second kappa shape index (κ2) is 8.41. The van der Waals surface area contributed by atoms with E-state index in [0.29, 0.717) is 16.9 Å². The van der Waals surface area contributed by atoms with Gasteiger partial charge in [-0.05, 0) is 55.3 Å². The van der Waals surface area contributed by atoms with Gasteiger partial charge in [0.2, 0.25) is 0 Å². The second-order valence-corrected chi connectivity index (χ2v) is 6.60. The maximum atomic E-state index is 13.1. The van der Waals surface area contributed by atoms with Crippen LogP contribution in [0, 0.1) is 17.1 Å². The zero-order valence-electron chi connectivity index (χ0n) is 14.7. The molecule has 27 heavy (non-hydrogen) atoms. The topological polar surface area (TPSA) is 97.2 Å². The van der Waals surface area contributed by atoms with Crippen molar-refractivity contribution in [3.05, 3.63) is 53.8 Å². The van der Waals surface area contributed by atoms with Crippen LogP contribution in [0.25, 0.3) is 0 Å². The Balaban J connectivity index is 1.78. The van der Waals surface area contributed by atoms with Gasteiger partial charge in [-0.3, -0.25) is 0 Å². The Labute approximate surface area is 157 Å². The molecule has 0 spiro atoms. The van der Waals surface area contributed by atoms with Crippen molar-refractivity contribution in [1.82, 2.24) is 5.32 Å². The van der Waals surface area contributed by atoms with Gasteiger partial charge in [-0.25, -0.2) is 9.18 Å². The van der Waals surface area contributed by atoms with E-state index < -0.39 is 6.09 Å². The molecular weight excluding hydrogens is 347 g/mol. The number of benzene rings is 2. The molecule has 4 N–H and O–H groups in total. The van der Waals surface area contributed by atoms with E-state index in [4.69, 9.17) is 5.11 Å². The first-order valence-electron chi connectivity index (χ1n) is 8.88. The van der Waals surface area contributed by atoms with Crippen LogP contribution in [-0.4, -0.2) is 23.3 Å². The minimum absolute atomic E-state index is 0.0125. The van der Waals surface area contributed by atoms with Crippen molar-refractivity contribution >= 4 is 23.2 Å². The summed E-state index contributed by atoms with van der Waals surface area (Å²) in [5.41, 5.74) is 2.54. The average molecular weight is 368 g/mol. The summed E-state index contributed by atoms with van der Waals surface area (Å²) >= 11 is 0. The molecule has 1 fully saturated rings. The Hall–Kier alpha value is -3.27. The molecule has 7 heteroatoms. The van der Waals surface area contributed by atoms with E-state index in [2.05, 4.69) is 22.0 Å². The van der Waals surface area contributed by atoms with Crippen LogP contribution in [0.2, 0.25) is 0 Å². The molecular formula is C20H21FN4O2. The zero-order chi connectivity index (χ0) is 19.2. The number of nitrogens with one attached hydrogen (secondary N) is 3. The highest BCUT2D eigenvalue weighted by molar-refractivity contribution is 5.71. The number of nitriles is 1. The minimum atomic E-state index is -1.02. The minimum Gasteiger partial charge on any atom is -0.465 e. The molecule has 1 saturated carbocycles. The molecule has 2 unspecified atom stereocenters. The number of carbonyl (C=O) groups is 1. The van der Waals surface area contributed by atoms with Gasteiger partial charge in [0.25, 0.3) is 0 Å². The van der Waals surface area contributed by atoms with Crippen molar-refractivity contribution < 1.29 is 14.3 Å². The first-order chi connectivity index (χ1) is 13.0. The number of hydrogen-bond donors (Lipinski definition) is 4. The molecule has 0 heterocycles. The summed E-state index contributed by atoms with van der Waals surface area (Å²) in [6.45, 7) is 0. The molecule has 1 aliphatic rings. The number of nitrogens with zero attached hydrogens (tertiary/aromatic N) is 1. The Morgan fingerprint density at radius 2 is 1.74 bits per heavy atom. The number of anilines is 3. The molecule has 0 aromatic heterocycles. The summed E-state index contributed by atoms with van der Waals surface area (Å²) in [4.78, 5) is 11.0. The second-order valence-electron chi connectivity index (χ2n) is 6.60. The van der Waals surface area contributed by atoms with Gasteiger partial charge in [-0.15, -0.1) is 0 Å². The molecule has 140 valence electrons. The molecule has 2 atom stereocenters. The molecule has 3 rings (SSSR count). The molecule has 0 radical (unpaired) electrons. The smallest absolute Gasteiger partial charge is 0.404 e. The Kier molecular flexibility index (Phi) is 5.77. The fraction of sp³-hybridized carbons (Fsp3) is 0.300. The Bertz CT molecular complexity index is 848. The first kappa shape index (κ1) is 18.5. The standard InChI is InChI=1S/C20H21FN4O2/c21-14-6-9-15(10-7-14)23-19-11-16(8-5-13(19)12-22)24-17-3-1-2-4-18(17)25-20(26)27/h5-11,17-18,23-25H,1-4H2,(H,26,27). The summed E-state index contributed by atoms with van der Waals surface area (Å²) in [6.07, 6.45) is 2.67. The molecule has 0 saturated heterocycles. The first-order valence-corrected chi connectivity index (χ1v) is 8.88. The van der Waals surface area contributed by atoms with Gasteiger partial charge in [-0.1, -0.05) is 12.8 Å². The lowest BCUT2D eigenvalue weighted by atomic mass is 9.90. The fourth-order valence-electron chi connectivity index (χ4n) is 3.37. The summed E-state index contributed by atoms with van der Waals surface area (Å²) < 4.78 is 13.1. The van der Waals surface area contributed by atoms with Crippen LogP contribution in [0.1, 0.15) is 31.2 Å². The van der Waals surface area contributed by atoms with E-state index in [1.807, 2.05) is 6.07 Å². The molecule has 0 aliphatic heterocycles. The van der Waals surface area contributed by atoms with Crippen molar-refractivity contribution in [2.45, 2.75) is 37.8 Å². The highest BCUT2D eigenvalue weighted by atomic mass is 19.1.